The van der Waals surface area contributed by atoms with Crippen molar-refractivity contribution >= 4 is 23.8 Å². The molecule has 134 valence electrons. The van der Waals surface area contributed by atoms with E-state index < -0.39 is 24.4 Å². The van der Waals surface area contributed by atoms with Gasteiger partial charge in [0.25, 0.3) is 0 Å². The normalized spacial score (nSPS) is 21.4. The van der Waals surface area contributed by atoms with Crippen molar-refractivity contribution in [2.24, 2.45) is 0 Å². The topological polar surface area (TPSA) is 91.1 Å². The van der Waals surface area contributed by atoms with E-state index in [9.17, 15) is 19.2 Å². The molecule has 0 unspecified atom stereocenters. The van der Waals surface area contributed by atoms with Gasteiger partial charge in [-0.05, 0) is 37.8 Å². The molecule has 25 heavy (non-hydrogen) atoms. The lowest BCUT2D eigenvalue weighted by atomic mass is 10.00. The smallest absolute Gasteiger partial charge is 0.335 e. The molecule has 8 nitrogen and oxygen atoms in total. The predicted molar refractivity (Wildman–Crippen MR) is 86.0 cm³/mol. The molecule has 0 radical (unpaired) electrons. The summed E-state index contributed by atoms with van der Waals surface area (Å²) >= 11 is 0. The van der Waals surface area contributed by atoms with Crippen LogP contribution >= 0.6 is 0 Å². The Balaban J connectivity index is 1.69. The van der Waals surface area contributed by atoms with Crippen LogP contribution in [0.4, 0.5) is 4.79 Å². The number of nitrogens with zero attached hydrogens (tertiary/aromatic N) is 3. The second-order valence-corrected chi connectivity index (χ2v) is 6.29. The van der Waals surface area contributed by atoms with Crippen molar-refractivity contribution in [3.8, 4) is 0 Å². The van der Waals surface area contributed by atoms with Gasteiger partial charge in [0.1, 0.15) is 12.3 Å². The third kappa shape index (κ3) is 3.29. The molecule has 3 rings (SSSR count). The van der Waals surface area contributed by atoms with E-state index in [4.69, 9.17) is 4.42 Å². The minimum absolute atomic E-state index is 0.123. The molecule has 5 amide bonds. The van der Waals surface area contributed by atoms with Crippen LogP contribution in [0.25, 0.3) is 0 Å². The highest BCUT2D eigenvalue weighted by molar-refractivity contribution is 6.44. The van der Waals surface area contributed by atoms with Gasteiger partial charge in [-0.1, -0.05) is 6.92 Å². The Hall–Kier alpha value is -2.64. The maximum Gasteiger partial charge on any atom is 0.335 e. The Labute approximate surface area is 145 Å². The van der Waals surface area contributed by atoms with Gasteiger partial charge < -0.3 is 9.32 Å². The lowest BCUT2D eigenvalue weighted by Crippen LogP contribution is -2.49. The van der Waals surface area contributed by atoms with Crippen LogP contribution in [0.2, 0.25) is 0 Å². The summed E-state index contributed by atoms with van der Waals surface area (Å²) in [4.78, 5) is 52.5. The third-order valence-corrected chi connectivity index (χ3v) is 4.74. The Kier molecular flexibility index (Phi) is 4.87. The Morgan fingerprint density at radius 3 is 2.64 bits per heavy atom. The fourth-order valence-electron chi connectivity index (χ4n) is 3.37. The molecule has 3 heterocycles. The summed E-state index contributed by atoms with van der Waals surface area (Å²) in [5.41, 5.74) is 0. The molecule has 0 saturated carbocycles. The summed E-state index contributed by atoms with van der Waals surface area (Å²) in [6.45, 7) is 2.12. The van der Waals surface area contributed by atoms with Crippen molar-refractivity contribution in [1.29, 1.82) is 0 Å². The zero-order chi connectivity index (χ0) is 18.0. The number of furan rings is 1. The summed E-state index contributed by atoms with van der Waals surface area (Å²) in [6, 6.07) is 2.59. The van der Waals surface area contributed by atoms with Gasteiger partial charge in [-0.25, -0.2) is 14.6 Å². The van der Waals surface area contributed by atoms with E-state index in [0.717, 1.165) is 35.5 Å². The Bertz CT molecular complexity index is 684. The van der Waals surface area contributed by atoms with Crippen LogP contribution in [-0.4, -0.2) is 57.6 Å². The van der Waals surface area contributed by atoms with Crippen LogP contribution in [0.3, 0.4) is 0 Å². The minimum Gasteiger partial charge on any atom is -0.467 e. The highest BCUT2D eigenvalue weighted by Gasteiger charge is 2.46. The fraction of sp³-hybridized carbons (Fsp3) is 0.529. The van der Waals surface area contributed by atoms with Crippen molar-refractivity contribution in [3.05, 3.63) is 24.2 Å². The van der Waals surface area contributed by atoms with E-state index in [0.29, 0.717) is 12.3 Å². The van der Waals surface area contributed by atoms with Crippen molar-refractivity contribution in [2.45, 2.75) is 45.2 Å². The van der Waals surface area contributed by atoms with Gasteiger partial charge in [0.15, 0.2) is 0 Å². The minimum atomic E-state index is -0.963. The zero-order valence-corrected chi connectivity index (χ0v) is 14.1. The summed E-state index contributed by atoms with van der Waals surface area (Å²) in [7, 11) is 0. The molecular weight excluding hydrogens is 326 g/mol. The molecule has 0 bridgehead atoms. The van der Waals surface area contributed by atoms with Crippen LogP contribution < -0.4 is 0 Å². The number of piperidine rings is 1. The molecule has 0 spiro atoms. The molecule has 2 aliphatic heterocycles. The van der Waals surface area contributed by atoms with Crippen molar-refractivity contribution < 1.29 is 23.6 Å². The van der Waals surface area contributed by atoms with Crippen LogP contribution in [0.5, 0.6) is 0 Å². The van der Waals surface area contributed by atoms with Gasteiger partial charge in [-0.15, -0.1) is 0 Å². The van der Waals surface area contributed by atoms with Gasteiger partial charge in [0, 0.05) is 12.6 Å². The maximum atomic E-state index is 12.6. The number of hydrogen-bond donors (Lipinski definition) is 0. The molecule has 1 atom stereocenters. The first-order valence-corrected chi connectivity index (χ1v) is 8.52. The molecule has 0 aromatic carbocycles. The van der Waals surface area contributed by atoms with Crippen molar-refractivity contribution in [1.82, 2.24) is 14.7 Å². The lowest BCUT2D eigenvalue weighted by molar-refractivity contribution is -0.145. The highest BCUT2D eigenvalue weighted by atomic mass is 16.3. The molecule has 1 aromatic rings. The number of carbonyl (C=O) groups is 4. The average Bonchev–Trinajstić information content (AvgIpc) is 3.21. The monoisotopic (exact) mass is 347 g/mol. The van der Waals surface area contributed by atoms with E-state index in [2.05, 4.69) is 0 Å². The quantitative estimate of drug-likeness (QED) is 0.592. The summed E-state index contributed by atoms with van der Waals surface area (Å²) < 4.78 is 5.12. The second kappa shape index (κ2) is 7.08. The number of rotatable bonds is 5. The number of amides is 5. The first-order chi connectivity index (χ1) is 12.0. The van der Waals surface area contributed by atoms with Gasteiger partial charge in [0.05, 0.1) is 12.8 Å². The third-order valence-electron chi connectivity index (χ3n) is 4.74. The molecule has 2 aliphatic rings. The van der Waals surface area contributed by atoms with Gasteiger partial charge in [-0.3, -0.25) is 14.4 Å². The van der Waals surface area contributed by atoms with E-state index in [1.54, 1.807) is 17.0 Å². The molecule has 8 heteroatoms. The van der Waals surface area contributed by atoms with Crippen LogP contribution in [-0.2, 0) is 20.9 Å². The van der Waals surface area contributed by atoms with Gasteiger partial charge >= 0.3 is 17.8 Å². The first kappa shape index (κ1) is 17.2. The Morgan fingerprint density at radius 1 is 1.20 bits per heavy atom. The standard InChI is InChI=1S/C17H21N3O5/c1-2-12-6-3-4-8-18(12)14(21)11-20-16(23)15(22)19(17(20)24)10-13-7-5-9-25-13/h5,7,9,12H,2-4,6,8,10-11H2,1H3/t12-/m0/s1. The molecular formula is C17H21N3O5. The summed E-state index contributed by atoms with van der Waals surface area (Å²) in [5.74, 6) is -1.79. The van der Waals surface area contributed by atoms with E-state index in [1.165, 1.54) is 6.26 Å². The van der Waals surface area contributed by atoms with Gasteiger partial charge in [-0.2, -0.15) is 0 Å². The number of imide groups is 2. The maximum absolute atomic E-state index is 12.6. The molecule has 1 aromatic heterocycles. The highest BCUT2D eigenvalue weighted by Crippen LogP contribution is 2.21. The van der Waals surface area contributed by atoms with E-state index in [1.807, 2.05) is 6.92 Å². The molecule has 0 aliphatic carbocycles. The molecule has 0 N–H and O–H groups in total. The first-order valence-electron chi connectivity index (χ1n) is 8.52. The van der Waals surface area contributed by atoms with Crippen LogP contribution in [0, 0.1) is 0 Å². The lowest BCUT2D eigenvalue weighted by Gasteiger charge is -2.35. The van der Waals surface area contributed by atoms with Crippen molar-refractivity contribution in [3.63, 3.8) is 0 Å². The number of carbonyl (C=O) groups excluding carboxylic acids is 4. The van der Waals surface area contributed by atoms with Crippen molar-refractivity contribution in [2.75, 3.05) is 13.1 Å². The number of hydrogen-bond acceptors (Lipinski definition) is 5. The SMILES string of the molecule is CC[C@H]1CCCCN1C(=O)CN1C(=O)C(=O)N(Cc2ccco2)C1=O. The van der Waals surface area contributed by atoms with Gasteiger partial charge in [0.2, 0.25) is 5.91 Å². The zero-order valence-electron chi connectivity index (χ0n) is 14.1. The van der Waals surface area contributed by atoms with E-state index >= 15 is 0 Å². The molecule has 2 fully saturated rings. The largest absolute Gasteiger partial charge is 0.467 e. The Morgan fingerprint density at radius 2 is 1.96 bits per heavy atom. The summed E-state index contributed by atoms with van der Waals surface area (Å²) in [6.07, 6.45) is 5.16. The molecule has 2 saturated heterocycles. The second-order valence-electron chi connectivity index (χ2n) is 6.29. The fourth-order valence-corrected chi connectivity index (χ4v) is 3.37. The van der Waals surface area contributed by atoms with Crippen LogP contribution in [0.1, 0.15) is 38.4 Å². The average molecular weight is 347 g/mol. The number of likely N-dealkylation sites (tertiary alicyclic amines) is 1. The van der Waals surface area contributed by atoms with Crippen LogP contribution in [0.15, 0.2) is 22.8 Å². The summed E-state index contributed by atoms with van der Waals surface area (Å²) in [5, 5.41) is 0. The van der Waals surface area contributed by atoms with E-state index in [-0.39, 0.29) is 18.5 Å². The predicted octanol–water partition coefficient (Wildman–Crippen LogP) is 1.36. The number of urea groups is 1.